The Balaban J connectivity index is 1.74. The van der Waals surface area contributed by atoms with Crippen LogP contribution in [0.15, 0.2) is 53.4 Å². The van der Waals surface area contributed by atoms with Gasteiger partial charge in [-0.3, -0.25) is 4.79 Å². The molecule has 0 saturated heterocycles. The lowest BCUT2D eigenvalue weighted by molar-refractivity contribution is -0.138. The summed E-state index contributed by atoms with van der Waals surface area (Å²) in [5, 5.41) is 9.80. The predicted molar refractivity (Wildman–Crippen MR) is 131 cm³/mol. The van der Waals surface area contributed by atoms with E-state index < -0.39 is 22.2 Å². The molecule has 0 spiro atoms. The van der Waals surface area contributed by atoms with Gasteiger partial charge in [0, 0.05) is 31.5 Å². The molecule has 0 aromatic heterocycles. The van der Waals surface area contributed by atoms with Crippen LogP contribution in [0.4, 0.5) is 0 Å². The normalized spacial score (nSPS) is 23.5. The van der Waals surface area contributed by atoms with Gasteiger partial charge in [0.05, 0.1) is 13.2 Å². The summed E-state index contributed by atoms with van der Waals surface area (Å²) in [5.41, 5.74) is 1.80. The number of carbonyl (C=O) groups is 1. The van der Waals surface area contributed by atoms with E-state index in [-0.39, 0.29) is 41.5 Å². The van der Waals surface area contributed by atoms with Crippen molar-refractivity contribution < 1.29 is 23.1 Å². The minimum Gasteiger partial charge on any atom is -0.487 e. The monoisotopic (exact) mass is 486 g/mol. The van der Waals surface area contributed by atoms with Crippen LogP contribution in [0, 0.1) is 11.8 Å². The average molecular weight is 487 g/mol. The van der Waals surface area contributed by atoms with Crippen LogP contribution >= 0.6 is 0 Å². The van der Waals surface area contributed by atoms with Crippen molar-refractivity contribution in [3.63, 3.8) is 0 Å². The van der Waals surface area contributed by atoms with Gasteiger partial charge in [-0.15, -0.1) is 0 Å². The van der Waals surface area contributed by atoms with Crippen molar-refractivity contribution in [3.05, 3.63) is 48.5 Å². The van der Waals surface area contributed by atoms with E-state index in [0.717, 1.165) is 30.4 Å². The van der Waals surface area contributed by atoms with E-state index in [4.69, 9.17) is 4.74 Å². The highest BCUT2D eigenvalue weighted by atomic mass is 32.2. The summed E-state index contributed by atoms with van der Waals surface area (Å²) in [6, 6.07) is 14.3. The Morgan fingerprint density at radius 3 is 2.50 bits per heavy atom. The van der Waals surface area contributed by atoms with Gasteiger partial charge in [-0.2, -0.15) is 4.31 Å². The third-order valence-electron chi connectivity index (χ3n) is 7.06. The first-order valence-electron chi connectivity index (χ1n) is 12.0. The summed E-state index contributed by atoms with van der Waals surface area (Å²) in [4.78, 5) is 14.6. The Kier molecular flexibility index (Phi) is 7.31. The second kappa shape index (κ2) is 10.1. The molecule has 7 nitrogen and oxygen atoms in total. The van der Waals surface area contributed by atoms with Crippen LogP contribution in [0.5, 0.6) is 5.75 Å². The smallest absolute Gasteiger partial charge is 0.247 e. The Labute approximate surface area is 202 Å². The molecule has 0 radical (unpaired) electrons. The van der Waals surface area contributed by atoms with Gasteiger partial charge in [0.2, 0.25) is 15.9 Å². The van der Waals surface area contributed by atoms with Crippen LogP contribution in [0.2, 0.25) is 0 Å². The lowest BCUT2D eigenvalue weighted by Gasteiger charge is -2.38. The summed E-state index contributed by atoms with van der Waals surface area (Å²) in [6.45, 7) is 3.92. The first-order valence-corrected chi connectivity index (χ1v) is 13.4. The zero-order chi connectivity index (χ0) is 24.5. The van der Waals surface area contributed by atoms with Crippen LogP contribution in [0.1, 0.15) is 33.1 Å². The maximum atomic E-state index is 13.6. The third-order valence-corrected chi connectivity index (χ3v) is 9.08. The number of aliphatic hydroxyl groups is 1. The number of ether oxygens (including phenoxy) is 1. The summed E-state index contributed by atoms with van der Waals surface area (Å²) >= 11 is 0. The second-order valence-electron chi connectivity index (χ2n) is 9.61. The van der Waals surface area contributed by atoms with Gasteiger partial charge >= 0.3 is 0 Å². The molecular formula is C26H34N2O5S. The Morgan fingerprint density at radius 2 is 1.88 bits per heavy atom. The van der Waals surface area contributed by atoms with E-state index >= 15 is 0 Å². The Hall–Kier alpha value is -2.42. The number of rotatable bonds is 6. The number of sulfonamides is 1. The molecule has 0 unspecified atom stereocenters. The van der Waals surface area contributed by atoms with Gasteiger partial charge in [-0.25, -0.2) is 8.42 Å². The Bertz CT molecular complexity index is 1120. The average Bonchev–Trinajstić information content (AvgIpc) is 2.79. The zero-order valence-corrected chi connectivity index (χ0v) is 20.9. The summed E-state index contributed by atoms with van der Waals surface area (Å²) in [7, 11) is -2.10. The van der Waals surface area contributed by atoms with Gasteiger partial charge < -0.3 is 14.7 Å². The lowest BCUT2D eigenvalue weighted by atomic mass is 9.84. The number of benzene rings is 2. The first kappa shape index (κ1) is 24.7. The van der Waals surface area contributed by atoms with E-state index in [0.29, 0.717) is 6.54 Å². The largest absolute Gasteiger partial charge is 0.487 e. The Morgan fingerprint density at radius 1 is 1.18 bits per heavy atom. The van der Waals surface area contributed by atoms with Gasteiger partial charge in [0.1, 0.15) is 16.7 Å². The molecule has 2 aromatic carbocycles. The number of fused-ring (bicyclic) bond motifs is 1. The summed E-state index contributed by atoms with van der Waals surface area (Å²) < 4.78 is 35.0. The van der Waals surface area contributed by atoms with Crippen molar-refractivity contribution in [3.8, 4) is 16.9 Å². The highest BCUT2D eigenvalue weighted by Gasteiger charge is 2.39. The molecule has 2 aliphatic rings. The predicted octanol–water partition coefficient (Wildman–Crippen LogP) is 3.38. The molecule has 1 N–H and O–H groups in total. The molecule has 1 heterocycles. The molecule has 1 aliphatic carbocycles. The summed E-state index contributed by atoms with van der Waals surface area (Å²) in [5.74, 6) is 0.277. The van der Waals surface area contributed by atoms with Crippen molar-refractivity contribution >= 4 is 15.9 Å². The zero-order valence-electron chi connectivity index (χ0n) is 20.1. The lowest BCUT2D eigenvalue weighted by Crippen LogP contribution is -2.50. The number of carbonyl (C=O) groups excluding carboxylic acids is 1. The number of likely N-dealkylation sites (N-methyl/N-ethyl adjacent to an activating group) is 1. The number of hydrogen-bond donors (Lipinski definition) is 1. The molecule has 1 saturated carbocycles. The molecule has 34 heavy (non-hydrogen) atoms. The maximum Gasteiger partial charge on any atom is 0.247 e. The summed E-state index contributed by atoms with van der Waals surface area (Å²) in [6.07, 6.45) is 2.53. The van der Waals surface area contributed by atoms with Crippen LogP contribution in [0.3, 0.4) is 0 Å². The number of amides is 1. The van der Waals surface area contributed by atoms with Crippen molar-refractivity contribution in [2.24, 2.45) is 11.8 Å². The van der Waals surface area contributed by atoms with Crippen molar-refractivity contribution in [2.75, 3.05) is 26.7 Å². The van der Waals surface area contributed by atoms with Gasteiger partial charge in [-0.1, -0.05) is 49.7 Å². The fourth-order valence-corrected chi connectivity index (χ4v) is 6.41. The van der Waals surface area contributed by atoms with Crippen molar-refractivity contribution in [1.29, 1.82) is 0 Å². The molecule has 2 aromatic rings. The fourth-order valence-electron chi connectivity index (χ4n) is 4.58. The number of aliphatic hydroxyl groups excluding tert-OH is 1. The molecule has 1 aliphatic heterocycles. The van der Waals surface area contributed by atoms with E-state index in [1.54, 1.807) is 37.1 Å². The third kappa shape index (κ3) is 4.85. The molecule has 4 rings (SSSR count). The van der Waals surface area contributed by atoms with Gasteiger partial charge in [0.15, 0.2) is 0 Å². The number of hydrogen-bond acceptors (Lipinski definition) is 5. The molecular weight excluding hydrogens is 452 g/mol. The minimum atomic E-state index is -3.89. The fraction of sp³-hybridized carbons (Fsp3) is 0.500. The van der Waals surface area contributed by atoms with E-state index in [2.05, 4.69) is 0 Å². The van der Waals surface area contributed by atoms with E-state index in [1.165, 1.54) is 4.31 Å². The van der Waals surface area contributed by atoms with Crippen molar-refractivity contribution in [1.82, 2.24) is 9.21 Å². The molecule has 3 atom stereocenters. The van der Waals surface area contributed by atoms with Crippen LogP contribution in [-0.2, 0) is 14.8 Å². The maximum absolute atomic E-state index is 13.6. The van der Waals surface area contributed by atoms with Crippen molar-refractivity contribution in [2.45, 2.75) is 50.2 Å². The molecule has 0 bridgehead atoms. The van der Waals surface area contributed by atoms with Crippen LogP contribution < -0.4 is 4.74 Å². The minimum absolute atomic E-state index is 0.0807. The standard InChI is InChI=1S/C26H34N2O5S/c1-18-15-28(19(2)17-29)34(31,32)25-13-12-22(20-8-5-4-6-9-20)14-23(25)33-24(18)16-27(3)26(30)21-10-7-11-21/h4-6,8-9,12-14,18-19,21,24,29H,7,10-11,15-17H2,1-3H3/t18-,19-,24+/m0/s1. The van der Waals surface area contributed by atoms with E-state index in [9.17, 15) is 18.3 Å². The SMILES string of the molecule is C[C@H]1CN([C@@H](C)CO)S(=O)(=O)c2ccc(-c3ccccc3)cc2O[C@@H]1CN(C)C(=O)C1CCC1. The van der Waals surface area contributed by atoms with E-state index in [1.807, 2.05) is 37.3 Å². The quantitative estimate of drug-likeness (QED) is 0.676. The number of nitrogens with zero attached hydrogens (tertiary/aromatic N) is 2. The second-order valence-corrected chi connectivity index (χ2v) is 11.5. The topological polar surface area (TPSA) is 87.2 Å². The van der Waals surface area contributed by atoms with Crippen LogP contribution in [-0.4, -0.2) is 67.5 Å². The highest BCUT2D eigenvalue weighted by molar-refractivity contribution is 7.89. The molecule has 184 valence electrons. The molecule has 8 heteroatoms. The van der Waals surface area contributed by atoms with Gasteiger partial charge in [-0.05, 0) is 43.0 Å². The van der Waals surface area contributed by atoms with Gasteiger partial charge in [0.25, 0.3) is 0 Å². The molecule has 1 amide bonds. The molecule has 1 fully saturated rings. The van der Waals surface area contributed by atoms with Crippen LogP contribution in [0.25, 0.3) is 11.1 Å². The first-order chi connectivity index (χ1) is 16.2. The highest BCUT2D eigenvalue weighted by Crippen LogP contribution is 2.37.